The lowest BCUT2D eigenvalue weighted by atomic mass is 10.2. The molecule has 0 aliphatic rings. The van der Waals surface area contributed by atoms with Crippen LogP contribution in [0.4, 0.5) is 11.5 Å². The lowest BCUT2D eigenvalue weighted by Gasteiger charge is -2.09. The third kappa shape index (κ3) is 2.19. The molecule has 0 amide bonds. The molecular formula is C15H10ClN5O. The molecule has 1 N–H and O–H groups in total. The maximum absolute atomic E-state index is 6.32. The summed E-state index contributed by atoms with van der Waals surface area (Å²) in [6.45, 7) is 0. The Labute approximate surface area is 130 Å². The van der Waals surface area contributed by atoms with Crippen LogP contribution in [0.3, 0.4) is 0 Å². The van der Waals surface area contributed by atoms with Gasteiger partial charge in [-0.15, -0.1) is 0 Å². The number of rotatable bonds is 3. The molecule has 0 spiro atoms. The van der Waals surface area contributed by atoms with E-state index in [0.717, 1.165) is 28.2 Å². The minimum atomic E-state index is 0.565. The Bertz CT molecular complexity index is 932. The van der Waals surface area contributed by atoms with Crippen molar-refractivity contribution in [3.8, 4) is 5.69 Å². The van der Waals surface area contributed by atoms with Gasteiger partial charge in [0.15, 0.2) is 0 Å². The van der Waals surface area contributed by atoms with Crippen LogP contribution in [0, 0.1) is 0 Å². The molecule has 0 saturated heterocycles. The van der Waals surface area contributed by atoms with Crippen molar-refractivity contribution >= 4 is 34.1 Å². The molecule has 0 bridgehead atoms. The average Bonchev–Trinajstić information content (AvgIpc) is 3.19. The zero-order valence-electron chi connectivity index (χ0n) is 11.3. The van der Waals surface area contributed by atoms with Crippen LogP contribution in [0.5, 0.6) is 0 Å². The number of halogens is 1. The van der Waals surface area contributed by atoms with Gasteiger partial charge in [-0.1, -0.05) is 11.6 Å². The fourth-order valence-corrected chi connectivity index (χ4v) is 2.50. The Hall–Kier alpha value is -2.86. The molecule has 22 heavy (non-hydrogen) atoms. The third-order valence-corrected chi connectivity index (χ3v) is 3.56. The Morgan fingerprint density at radius 3 is 2.95 bits per heavy atom. The third-order valence-electron chi connectivity index (χ3n) is 3.26. The summed E-state index contributed by atoms with van der Waals surface area (Å²) in [7, 11) is 0. The number of hydrogen-bond acceptors (Lipinski definition) is 5. The molecule has 0 radical (unpaired) electrons. The van der Waals surface area contributed by atoms with Gasteiger partial charge in [-0.05, 0) is 30.3 Å². The predicted octanol–water partition coefficient (Wildman–Crippen LogP) is 3.81. The van der Waals surface area contributed by atoms with E-state index in [4.69, 9.17) is 16.0 Å². The molecule has 4 rings (SSSR count). The molecule has 3 heterocycles. The molecule has 108 valence electrons. The number of benzene rings is 1. The lowest BCUT2D eigenvalue weighted by Crippen LogP contribution is -1.98. The summed E-state index contributed by atoms with van der Waals surface area (Å²) in [5.74, 6) is 0.718. The molecule has 0 fully saturated rings. The first-order chi connectivity index (χ1) is 10.8. The predicted molar refractivity (Wildman–Crippen MR) is 83.7 cm³/mol. The highest BCUT2D eigenvalue weighted by Crippen LogP contribution is 2.28. The van der Waals surface area contributed by atoms with Gasteiger partial charge in [0, 0.05) is 11.9 Å². The summed E-state index contributed by atoms with van der Waals surface area (Å²) in [6.07, 6.45) is 6.39. The zero-order chi connectivity index (χ0) is 14.9. The van der Waals surface area contributed by atoms with Crippen molar-refractivity contribution in [3.63, 3.8) is 0 Å². The summed E-state index contributed by atoms with van der Waals surface area (Å²) in [6, 6.07) is 9.29. The van der Waals surface area contributed by atoms with E-state index in [-0.39, 0.29) is 0 Å². The zero-order valence-corrected chi connectivity index (χ0v) is 12.0. The van der Waals surface area contributed by atoms with Gasteiger partial charge in [-0.3, -0.25) is 0 Å². The first-order valence-electron chi connectivity index (χ1n) is 6.55. The number of pyridine rings is 1. The first-order valence-corrected chi connectivity index (χ1v) is 6.93. The van der Waals surface area contributed by atoms with Crippen LogP contribution >= 0.6 is 11.6 Å². The smallest absolute Gasteiger partial charge is 0.141 e. The van der Waals surface area contributed by atoms with Crippen LogP contribution in [0.15, 0.2) is 59.9 Å². The average molecular weight is 312 g/mol. The van der Waals surface area contributed by atoms with Gasteiger partial charge in [0.2, 0.25) is 0 Å². The molecular weight excluding hydrogens is 302 g/mol. The van der Waals surface area contributed by atoms with E-state index < -0.39 is 0 Å². The van der Waals surface area contributed by atoms with Crippen LogP contribution in [0.25, 0.3) is 16.7 Å². The highest BCUT2D eigenvalue weighted by atomic mass is 35.5. The molecule has 0 aliphatic heterocycles. The van der Waals surface area contributed by atoms with E-state index in [1.807, 2.05) is 30.3 Å². The van der Waals surface area contributed by atoms with Crippen LogP contribution in [-0.2, 0) is 0 Å². The minimum Gasteiger partial charge on any atom is -0.464 e. The van der Waals surface area contributed by atoms with Crippen molar-refractivity contribution in [1.82, 2.24) is 19.7 Å². The molecule has 0 aliphatic carbocycles. The molecule has 3 aromatic heterocycles. The number of nitrogens with one attached hydrogen (secondary N) is 1. The summed E-state index contributed by atoms with van der Waals surface area (Å²) >= 11 is 6.32. The van der Waals surface area contributed by atoms with Crippen molar-refractivity contribution in [2.24, 2.45) is 0 Å². The quantitative estimate of drug-likeness (QED) is 0.623. The number of nitrogens with zero attached hydrogens (tertiary/aromatic N) is 4. The Kier molecular flexibility index (Phi) is 3.01. The molecule has 0 unspecified atom stereocenters. The van der Waals surface area contributed by atoms with Gasteiger partial charge in [0.1, 0.15) is 24.1 Å². The second kappa shape index (κ2) is 5.16. The SMILES string of the molecule is Clc1cc(Nc2nccc3occc23)ccc1-n1cncn1. The second-order valence-electron chi connectivity index (χ2n) is 4.62. The molecule has 4 aromatic rings. The van der Waals surface area contributed by atoms with Gasteiger partial charge in [-0.2, -0.15) is 5.10 Å². The summed E-state index contributed by atoms with van der Waals surface area (Å²) in [5, 5.41) is 8.80. The van der Waals surface area contributed by atoms with Crippen LogP contribution in [-0.4, -0.2) is 19.7 Å². The second-order valence-corrected chi connectivity index (χ2v) is 5.03. The normalized spacial score (nSPS) is 11.0. The fraction of sp³-hybridized carbons (Fsp3) is 0. The van der Waals surface area contributed by atoms with Crippen molar-refractivity contribution in [1.29, 1.82) is 0 Å². The van der Waals surface area contributed by atoms with Crippen molar-refractivity contribution in [2.45, 2.75) is 0 Å². The van der Waals surface area contributed by atoms with Crippen molar-refractivity contribution < 1.29 is 4.42 Å². The van der Waals surface area contributed by atoms with Crippen molar-refractivity contribution in [2.75, 3.05) is 5.32 Å². The van der Waals surface area contributed by atoms with Crippen LogP contribution in [0.2, 0.25) is 5.02 Å². The number of hydrogen-bond donors (Lipinski definition) is 1. The maximum Gasteiger partial charge on any atom is 0.141 e. The van der Waals surface area contributed by atoms with E-state index in [1.54, 1.807) is 23.5 Å². The monoisotopic (exact) mass is 311 g/mol. The molecule has 7 heteroatoms. The van der Waals surface area contributed by atoms with Crippen molar-refractivity contribution in [3.05, 3.63) is 60.5 Å². The summed E-state index contributed by atoms with van der Waals surface area (Å²) in [5.41, 5.74) is 2.37. The van der Waals surface area contributed by atoms with Crippen LogP contribution in [0.1, 0.15) is 0 Å². The van der Waals surface area contributed by atoms with E-state index in [0.29, 0.717) is 5.02 Å². The summed E-state index contributed by atoms with van der Waals surface area (Å²) < 4.78 is 6.98. The number of aromatic nitrogens is 4. The Morgan fingerprint density at radius 1 is 1.18 bits per heavy atom. The van der Waals surface area contributed by atoms with Gasteiger partial charge in [0.25, 0.3) is 0 Å². The fourth-order valence-electron chi connectivity index (χ4n) is 2.23. The molecule has 6 nitrogen and oxygen atoms in total. The minimum absolute atomic E-state index is 0.565. The maximum atomic E-state index is 6.32. The number of furan rings is 1. The molecule has 1 aromatic carbocycles. The number of fused-ring (bicyclic) bond motifs is 1. The van der Waals surface area contributed by atoms with Gasteiger partial charge in [0.05, 0.1) is 22.4 Å². The van der Waals surface area contributed by atoms with Gasteiger partial charge >= 0.3 is 0 Å². The first kappa shape index (κ1) is 12.8. The largest absolute Gasteiger partial charge is 0.464 e. The highest BCUT2D eigenvalue weighted by molar-refractivity contribution is 6.32. The Morgan fingerprint density at radius 2 is 2.14 bits per heavy atom. The molecule has 0 atom stereocenters. The highest BCUT2D eigenvalue weighted by Gasteiger charge is 2.08. The lowest BCUT2D eigenvalue weighted by molar-refractivity contribution is 0.615. The van der Waals surface area contributed by atoms with E-state index in [2.05, 4.69) is 20.4 Å². The summed E-state index contributed by atoms with van der Waals surface area (Å²) in [4.78, 5) is 8.25. The van der Waals surface area contributed by atoms with E-state index in [1.165, 1.54) is 6.33 Å². The topological polar surface area (TPSA) is 68.8 Å². The molecule has 0 saturated carbocycles. The van der Waals surface area contributed by atoms with Crippen LogP contribution < -0.4 is 5.32 Å². The van der Waals surface area contributed by atoms with Gasteiger partial charge in [-0.25, -0.2) is 14.6 Å². The van der Waals surface area contributed by atoms with Gasteiger partial charge < -0.3 is 9.73 Å². The Balaban J connectivity index is 1.69. The van der Waals surface area contributed by atoms with E-state index in [9.17, 15) is 0 Å². The standard InChI is InChI=1S/C15H10ClN5O/c16-12-7-10(1-2-13(12)21-9-17-8-19-21)20-15-11-4-6-22-14(11)3-5-18-15/h1-9H,(H,18,20). The van der Waals surface area contributed by atoms with E-state index >= 15 is 0 Å². The number of anilines is 2.